The lowest BCUT2D eigenvalue weighted by atomic mass is 10.1. The SMILES string of the molecule is CN(C)c1ccc2nc(Nc3ccc(OC4CCN(C(=O)Nc5c(F)cccc5F)CC4)c(Cl)c3)ncc2c1. The minimum absolute atomic E-state index is 0.161. The number of nitrogens with zero attached hydrogens (tertiary/aromatic N) is 4. The number of urea groups is 1. The number of amides is 2. The molecule has 0 saturated carbocycles. The number of likely N-dealkylation sites (tertiary alicyclic amines) is 1. The number of aromatic nitrogens is 2. The van der Waals surface area contributed by atoms with Crippen molar-refractivity contribution in [2.75, 3.05) is 42.7 Å². The lowest BCUT2D eigenvalue weighted by Crippen LogP contribution is -2.44. The van der Waals surface area contributed by atoms with Crippen molar-refractivity contribution in [1.29, 1.82) is 0 Å². The average Bonchev–Trinajstić information content (AvgIpc) is 2.92. The number of rotatable bonds is 6. The molecule has 0 aliphatic carbocycles. The Hall–Kier alpha value is -4.18. The van der Waals surface area contributed by atoms with Gasteiger partial charge in [0.15, 0.2) is 0 Å². The zero-order valence-corrected chi connectivity index (χ0v) is 22.2. The van der Waals surface area contributed by atoms with Crippen LogP contribution in [-0.4, -0.2) is 54.2 Å². The second kappa shape index (κ2) is 11.3. The van der Waals surface area contributed by atoms with Crippen LogP contribution in [-0.2, 0) is 0 Å². The molecule has 0 radical (unpaired) electrons. The molecular weight excluding hydrogens is 526 g/mol. The van der Waals surface area contributed by atoms with E-state index in [4.69, 9.17) is 16.3 Å². The van der Waals surface area contributed by atoms with Gasteiger partial charge < -0.3 is 25.2 Å². The Labute approximate surface area is 229 Å². The van der Waals surface area contributed by atoms with Crippen LogP contribution < -0.4 is 20.3 Å². The number of benzene rings is 3. The molecule has 1 aliphatic rings. The molecule has 0 unspecified atom stereocenters. The van der Waals surface area contributed by atoms with Crippen molar-refractivity contribution in [2.45, 2.75) is 18.9 Å². The minimum atomic E-state index is -0.820. The van der Waals surface area contributed by atoms with Gasteiger partial charge in [0.1, 0.15) is 29.2 Å². The van der Waals surface area contributed by atoms with E-state index in [-0.39, 0.29) is 6.10 Å². The van der Waals surface area contributed by atoms with Crippen molar-refractivity contribution in [1.82, 2.24) is 14.9 Å². The monoisotopic (exact) mass is 552 g/mol. The van der Waals surface area contributed by atoms with Crippen molar-refractivity contribution in [3.63, 3.8) is 0 Å². The van der Waals surface area contributed by atoms with Gasteiger partial charge in [0.05, 0.1) is 10.5 Å². The Bertz CT molecular complexity index is 1490. The maximum absolute atomic E-state index is 13.9. The number of ether oxygens (including phenoxy) is 1. The van der Waals surface area contributed by atoms with Crippen molar-refractivity contribution >= 4 is 51.5 Å². The molecule has 8 nitrogen and oxygen atoms in total. The standard InChI is InChI=1S/C28H27ClF2N6O2/c1-36(2)19-7-8-24-17(14-19)16-32-27(34-24)33-18-6-9-25(21(29)15-18)39-20-10-12-37(13-11-20)28(38)35-26-22(30)4-3-5-23(26)31/h3-9,14-16,20H,10-13H2,1-2H3,(H,35,38)(H,32,33,34). The Morgan fingerprint density at radius 3 is 2.51 bits per heavy atom. The van der Waals surface area contributed by atoms with Crippen molar-refractivity contribution in [3.05, 3.63) is 77.5 Å². The summed E-state index contributed by atoms with van der Waals surface area (Å²) >= 11 is 6.50. The van der Waals surface area contributed by atoms with Gasteiger partial charge in [-0.25, -0.2) is 23.5 Å². The predicted octanol–water partition coefficient (Wildman–Crippen LogP) is 6.45. The normalized spacial score (nSPS) is 13.8. The Morgan fingerprint density at radius 1 is 1.08 bits per heavy atom. The summed E-state index contributed by atoms with van der Waals surface area (Å²) in [6.45, 7) is 0.748. The van der Waals surface area contributed by atoms with Crippen LogP contribution in [0.15, 0.2) is 60.8 Å². The zero-order chi connectivity index (χ0) is 27.5. The maximum atomic E-state index is 13.9. The number of hydrogen-bond acceptors (Lipinski definition) is 6. The van der Waals surface area contributed by atoms with E-state index in [0.717, 1.165) is 28.7 Å². The number of hydrogen-bond donors (Lipinski definition) is 2. The Morgan fingerprint density at radius 2 is 1.82 bits per heavy atom. The maximum Gasteiger partial charge on any atom is 0.322 e. The van der Waals surface area contributed by atoms with E-state index < -0.39 is 23.4 Å². The molecule has 11 heteroatoms. The highest BCUT2D eigenvalue weighted by Gasteiger charge is 2.25. The zero-order valence-electron chi connectivity index (χ0n) is 21.4. The molecule has 2 N–H and O–H groups in total. The first-order valence-electron chi connectivity index (χ1n) is 12.4. The number of nitrogens with one attached hydrogen (secondary N) is 2. The molecule has 1 fully saturated rings. The second-order valence-electron chi connectivity index (χ2n) is 9.43. The minimum Gasteiger partial charge on any atom is -0.489 e. The molecule has 3 aromatic carbocycles. The largest absolute Gasteiger partial charge is 0.489 e. The molecule has 202 valence electrons. The molecule has 5 rings (SSSR count). The van der Waals surface area contributed by atoms with Gasteiger partial charge in [0, 0.05) is 63.0 Å². The summed E-state index contributed by atoms with van der Waals surface area (Å²) in [5.74, 6) is -0.667. The number of carbonyl (C=O) groups is 1. The molecule has 0 bridgehead atoms. The molecule has 4 aromatic rings. The quantitative estimate of drug-likeness (QED) is 0.286. The van der Waals surface area contributed by atoms with Crippen molar-refractivity contribution in [2.24, 2.45) is 0 Å². The van der Waals surface area contributed by atoms with E-state index in [2.05, 4.69) is 20.6 Å². The number of piperidine rings is 1. The van der Waals surface area contributed by atoms with E-state index in [1.165, 1.54) is 11.0 Å². The number of fused-ring (bicyclic) bond motifs is 1. The van der Waals surface area contributed by atoms with Gasteiger partial charge in [-0.2, -0.15) is 0 Å². The highest BCUT2D eigenvalue weighted by molar-refractivity contribution is 6.32. The third-order valence-electron chi connectivity index (χ3n) is 6.49. The van der Waals surface area contributed by atoms with Crippen LogP contribution in [0.3, 0.4) is 0 Å². The van der Waals surface area contributed by atoms with E-state index in [0.29, 0.717) is 48.3 Å². The lowest BCUT2D eigenvalue weighted by Gasteiger charge is -2.32. The summed E-state index contributed by atoms with van der Waals surface area (Å²) < 4.78 is 33.8. The van der Waals surface area contributed by atoms with Crippen LogP contribution >= 0.6 is 11.6 Å². The third kappa shape index (κ3) is 6.12. The first-order chi connectivity index (χ1) is 18.8. The molecule has 2 amide bonds. The first kappa shape index (κ1) is 26.4. The molecule has 1 saturated heterocycles. The molecule has 2 heterocycles. The average molecular weight is 553 g/mol. The predicted molar refractivity (Wildman–Crippen MR) is 149 cm³/mol. The molecule has 0 spiro atoms. The highest BCUT2D eigenvalue weighted by atomic mass is 35.5. The summed E-state index contributed by atoms with van der Waals surface area (Å²) in [6.07, 6.45) is 2.70. The van der Waals surface area contributed by atoms with Gasteiger partial charge in [-0.05, 0) is 48.5 Å². The van der Waals surface area contributed by atoms with Crippen LogP contribution in [0.25, 0.3) is 10.9 Å². The Kier molecular flexibility index (Phi) is 7.65. The number of para-hydroxylation sites is 1. The van der Waals surface area contributed by atoms with Gasteiger partial charge >= 0.3 is 6.03 Å². The van der Waals surface area contributed by atoms with Crippen molar-refractivity contribution < 1.29 is 18.3 Å². The fourth-order valence-corrected chi connectivity index (χ4v) is 4.55. The molecule has 1 aromatic heterocycles. The molecule has 0 atom stereocenters. The van der Waals surface area contributed by atoms with E-state index >= 15 is 0 Å². The van der Waals surface area contributed by atoms with E-state index in [1.54, 1.807) is 18.3 Å². The Balaban J connectivity index is 1.16. The first-order valence-corrected chi connectivity index (χ1v) is 12.8. The van der Waals surface area contributed by atoms with Crippen LogP contribution in [0.5, 0.6) is 5.75 Å². The molecular formula is C28H27ClF2N6O2. The van der Waals surface area contributed by atoms with Gasteiger partial charge in [-0.15, -0.1) is 0 Å². The van der Waals surface area contributed by atoms with Gasteiger partial charge in [-0.1, -0.05) is 17.7 Å². The molecule has 39 heavy (non-hydrogen) atoms. The molecule has 1 aliphatic heterocycles. The summed E-state index contributed by atoms with van der Waals surface area (Å²) in [7, 11) is 3.96. The van der Waals surface area contributed by atoms with E-state index in [9.17, 15) is 13.6 Å². The van der Waals surface area contributed by atoms with Crippen LogP contribution in [0.2, 0.25) is 5.02 Å². The van der Waals surface area contributed by atoms with Gasteiger partial charge in [0.2, 0.25) is 5.95 Å². The van der Waals surface area contributed by atoms with E-state index in [1.807, 2.05) is 43.3 Å². The second-order valence-corrected chi connectivity index (χ2v) is 9.84. The fourth-order valence-electron chi connectivity index (χ4n) is 4.32. The number of carbonyl (C=O) groups excluding carboxylic acids is 1. The van der Waals surface area contributed by atoms with Crippen LogP contribution in [0.4, 0.5) is 36.6 Å². The number of anilines is 4. The topological polar surface area (TPSA) is 82.6 Å². The van der Waals surface area contributed by atoms with Crippen LogP contribution in [0, 0.1) is 11.6 Å². The van der Waals surface area contributed by atoms with Gasteiger partial charge in [-0.3, -0.25) is 0 Å². The highest BCUT2D eigenvalue weighted by Crippen LogP contribution is 2.31. The summed E-state index contributed by atoms with van der Waals surface area (Å²) in [6, 6.07) is 14.2. The third-order valence-corrected chi connectivity index (χ3v) is 6.78. The smallest absolute Gasteiger partial charge is 0.322 e. The summed E-state index contributed by atoms with van der Waals surface area (Å²) in [5.41, 5.74) is 2.15. The van der Waals surface area contributed by atoms with Crippen molar-refractivity contribution in [3.8, 4) is 5.75 Å². The fraction of sp³-hybridized carbons (Fsp3) is 0.250. The lowest BCUT2D eigenvalue weighted by molar-refractivity contribution is 0.115. The summed E-state index contributed by atoms with van der Waals surface area (Å²) in [5, 5.41) is 6.86. The van der Waals surface area contributed by atoms with Gasteiger partial charge in [0.25, 0.3) is 0 Å². The van der Waals surface area contributed by atoms with Crippen LogP contribution in [0.1, 0.15) is 12.8 Å². The summed E-state index contributed by atoms with van der Waals surface area (Å²) in [4.78, 5) is 25.0. The number of halogens is 3.